The normalized spacial score (nSPS) is 14.7. The lowest BCUT2D eigenvalue weighted by molar-refractivity contribution is -0.136. The van der Waals surface area contributed by atoms with Crippen molar-refractivity contribution < 1.29 is 18.0 Å². The topological polar surface area (TPSA) is 38.8 Å². The van der Waals surface area contributed by atoms with Gasteiger partial charge >= 0.3 is 12.2 Å². The quantitative estimate of drug-likeness (QED) is 0.767. The molecule has 1 N–H and O–H groups in total. The average Bonchev–Trinajstić information content (AvgIpc) is 2.67. The molecular formula is C20H22ClF3N4O. The standard InChI is InChI=1S/C20H22ClF3N4O/c1-26(2)15-6-7-18(17(13-15)20(22,23)24)25-19(29)28-10-8-27(9-11-28)16-5-3-4-14(21)12-16/h3-7,12-13H,8-11H2,1-2H3,(H,25,29). The molecule has 1 aliphatic rings. The van der Waals surface area contributed by atoms with Crippen molar-refractivity contribution in [2.45, 2.75) is 6.18 Å². The average molecular weight is 427 g/mol. The van der Waals surface area contributed by atoms with Crippen molar-refractivity contribution in [2.24, 2.45) is 0 Å². The molecule has 0 bridgehead atoms. The summed E-state index contributed by atoms with van der Waals surface area (Å²) in [7, 11) is 3.32. The lowest BCUT2D eigenvalue weighted by Crippen LogP contribution is -2.50. The molecule has 1 fully saturated rings. The molecule has 2 aromatic rings. The molecule has 3 rings (SSSR count). The molecule has 1 heterocycles. The molecule has 0 atom stereocenters. The summed E-state index contributed by atoms with van der Waals surface area (Å²) in [5.74, 6) is 0. The Labute approximate surface area is 172 Å². The second kappa shape index (κ2) is 8.41. The van der Waals surface area contributed by atoms with Crippen LogP contribution in [0.1, 0.15) is 5.56 Å². The van der Waals surface area contributed by atoms with E-state index in [-0.39, 0.29) is 5.69 Å². The van der Waals surface area contributed by atoms with Gasteiger partial charge in [0, 0.05) is 56.7 Å². The van der Waals surface area contributed by atoms with E-state index in [4.69, 9.17) is 11.6 Å². The molecule has 0 aromatic heterocycles. The number of anilines is 3. The number of urea groups is 1. The fourth-order valence-corrected chi connectivity index (χ4v) is 3.37. The minimum atomic E-state index is -4.57. The van der Waals surface area contributed by atoms with Gasteiger partial charge in [-0.1, -0.05) is 17.7 Å². The highest BCUT2D eigenvalue weighted by molar-refractivity contribution is 6.30. The first kappa shape index (κ1) is 21.1. The Morgan fingerprint density at radius 1 is 1.07 bits per heavy atom. The number of hydrogen-bond acceptors (Lipinski definition) is 3. The van der Waals surface area contributed by atoms with Gasteiger partial charge in [0.25, 0.3) is 0 Å². The lowest BCUT2D eigenvalue weighted by Gasteiger charge is -2.36. The Hall–Kier alpha value is -2.61. The van der Waals surface area contributed by atoms with Gasteiger partial charge in [0.05, 0.1) is 11.3 Å². The number of piperazine rings is 1. The van der Waals surface area contributed by atoms with Crippen LogP contribution in [-0.2, 0) is 6.18 Å². The van der Waals surface area contributed by atoms with Crippen LogP contribution >= 0.6 is 11.6 Å². The third-order valence-electron chi connectivity index (χ3n) is 4.81. The second-order valence-corrected chi connectivity index (χ2v) is 7.44. The molecule has 0 spiro atoms. The summed E-state index contributed by atoms with van der Waals surface area (Å²) in [6.07, 6.45) is -4.57. The number of carbonyl (C=O) groups is 1. The first-order valence-corrected chi connectivity index (χ1v) is 9.48. The molecule has 29 heavy (non-hydrogen) atoms. The SMILES string of the molecule is CN(C)c1ccc(NC(=O)N2CCN(c3cccc(Cl)c3)CC2)c(C(F)(F)F)c1. The molecule has 1 aliphatic heterocycles. The molecule has 5 nitrogen and oxygen atoms in total. The number of nitrogens with zero attached hydrogens (tertiary/aromatic N) is 3. The van der Waals surface area contributed by atoms with Gasteiger partial charge in [0.2, 0.25) is 0 Å². The summed E-state index contributed by atoms with van der Waals surface area (Å²) in [5, 5.41) is 3.05. The summed E-state index contributed by atoms with van der Waals surface area (Å²) in [6, 6.07) is 10.7. The predicted molar refractivity (Wildman–Crippen MR) is 110 cm³/mol. The van der Waals surface area contributed by atoms with Gasteiger partial charge in [0.15, 0.2) is 0 Å². The first-order valence-electron chi connectivity index (χ1n) is 9.10. The molecule has 0 unspecified atom stereocenters. The van der Waals surface area contributed by atoms with Crippen molar-refractivity contribution in [3.8, 4) is 0 Å². The summed E-state index contributed by atoms with van der Waals surface area (Å²) >= 11 is 6.02. The zero-order valence-electron chi connectivity index (χ0n) is 16.1. The maximum absolute atomic E-state index is 13.5. The zero-order chi connectivity index (χ0) is 21.2. The number of rotatable bonds is 3. The Bertz CT molecular complexity index is 880. The van der Waals surface area contributed by atoms with Gasteiger partial charge in [-0.3, -0.25) is 0 Å². The van der Waals surface area contributed by atoms with E-state index >= 15 is 0 Å². The van der Waals surface area contributed by atoms with Crippen LogP contribution in [0.25, 0.3) is 0 Å². The van der Waals surface area contributed by atoms with Crippen molar-refractivity contribution in [3.05, 3.63) is 53.1 Å². The minimum Gasteiger partial charge on any atom is -0.378 e. The molecule has 0 aliphatic carbocycles. The van der Waals surface area contributed by atoms with E-state index in [1.165, 1.54) is 11.0 Å². The number of nitrogens with one attached hydrogen (secondary N) is 1. The van der Waals surface area contributed by atoms with Crippen LogP contribution < -0.4 is 15.1 Å². The Balaban J connectivity index is 1.68. The van der Waals surface area contributed by atoms with E-state index in [9.17, 15) is 18.0 Å². The van der Waals surface area contributed by atoms with Crippen LogP contribution in [0.15, 0.2) is 42.5 Å². The van der Waals surface area contributed by atoms with Crippen molar-refractivity contribution in [2.75, 3.05) is 55.4 Å². The highest BCUT2D eigenvalue weighted by Crippen LogP contribution is 2.37. The molecule has 2 amide bonds. The van der Waals surface area contributed by atoms with E-state index in [2.05, 4.69) is 10.2 Å². The van der Waals surface area contributed by atoms with Crippen LogP contribution in [0, 0.1) is 0 Å². The highest BCUT2D eigenvalue weighted by atomic mass is 35.5. The first-order chi connectivity index (χ1) is 13.6. The maximum Gasteiger partial charge on any atom is 0.418 e. The predicted octanol–water partition coefficient (Wildman–Crippen LogP) is 4.78. The van der Waals surface area contributed by atoms with Crippen LogP contribution in [0.4, 0.5) is 35.0 Å². The van der Waals surface area contributed by atoms with Gasteiger partial charge < -0.3 is 20.0 Å². The van der Waals surface area contributed by atoms with Gasteiger partial charge in [0.1, 0.15) is 0 Å². The summed E-state index contributed by atoms with van der Waals surface area (Å²) in [5.41, 5.74) is 0.252. The summed E-state index contributed by atoms with van der Waals surface area (Å²) in [4.78, 5) is 17.7. The summed E-state index contributed by atoms with van der Waals surface area (Å²) < 4.78 is 40.4. The molecule has 2 aromatic carbocycles. The molecule has 1 saturated heterocycles. The molecular weight excluding hydrogens is 405 g/mol. The van der Waals surface area contributed by atoms with E-state index < -0.39 is 17.8 Å². The monoisotopic (exact) mass is 426 g/mol. The lowest BCUT2D eigenvalue weighted by atomic mass is 10.1. The van der Waals surface area contributed by atoms with Gasteiger partial charge in [-0.15, -0.1) is 0 Å². The molecule has 156 valence electrons. The number of halogens is 4. The Kier molecular flexibility index (Phi) is 6.12. The number of hydrogen-bond donors (Lipinski definition) is 1. The fraction of sp³-hybridized carbons (Fsp3) is 0.350. The van der Waals surface area contributed by atoms with Gasteiger partial charge in [-0.2, -0.15) is 13.2 Å². The second-order valence-electron chi connectivity index (χ2n) is 7.01. The van der Waals surface area contributed by atoms with Crippen molar-refractivity contribution >= 4 is 34.7 Å². The van der Waals surface area contributed by atoms with Crippen molar-refractivity contribution in [1.82, 2.24) is 4.90 Å². The number of carbonyl (C=O) groups excluding carboxylic acids is 1. The Morgan fingerprint density at radius 3 is 2.34 bits per heavy atom. The van der Waals surface area contributed by atoms with Crippen LogP contribution in [0.3, 0.4) is 0 Å². The fourth-order valence-electron chi connectivity index (χ4n) is 3.19. The van der Waals surface area contributed by atoms with E-state index in [0.717, 1.165) is 11.8 Å². The van der Waals surface area contributed by atoms with Crippen LogP contribution in [0.5, 0.6) is 0 Å². The zero-order valence-corrected chi connectivity index (χ0v) is 16.9. The van der Waals surface area contributed by atoms with E-state index in [1.54, 1.807) is 31.1 Å². The summed E-state index contributed by atoms with van der Waals surface area (Å²) in [6.45, 7) is 1.93. The van der Waals surface area contributed by atoms with Crippen molar-refractivity contribution in [3.63, 3.8) is 0 Å². The number of amides is 2. The Morgan fingerprint density at radius 2 is 1.76 bits per heavy atom. The third-order valence-corrected chi connectivity index (χ3v) is 5.04. The molecule has 0 radical (unpaired) electrons. The van der Waals surface area contributed by atoms with Crippen LogP contribution in [0.2, 0.25) is 5.02 Å². The van der Waals surface area contributed by atoms with Crippen LogP contribution in [-0.4, -0.2) is 51.2 Å². The molecule has 9 heteroatoms. The number of benzene rings is 2. The highest BCUT2D eigenvalue weighted by Gasteiger charge is 2.35. The van der Waals surface area contributed by atoms with Gasteiger partial charge in [-0.25, -0.2) is 4.79 Å². The smallest absolute Gasteiger partial charge is 0.378 e. The number of alkyl halides is 3. The van der Waals surface area contributed by atoms with Crippen molar-refractivity contribution in [1.29, 1.82) is 0 Å². The van der Waals surface area contributed by atoms with E-state index in [1.807, 2.05) is 18.2 Å². The van der Waals surface area contributed by atoms with Gasteiger partial charge in [-0.05, 0) is 36.4 Å². The maximum atomic E-state index is 13.5. The molecule has 0 saturated carbocycles. The minimum absolute atomic E-state index is 0.245. The largest absolute Gasteiger partial charge is 0.418 e. The van der Waals surface area contributed by atoms with E-state index in [0.29, 0.717) is 36.9 Å². The third kappa shape index (κ3) is 5.06.